The fourth-order valence-electron chi connectivity index (χ4n) is 1.06. The van der Waals surface area contributed by atoms with Crippen LogP contribution in [0.25, 0.3) is 5.82 Å². The van der Waals surface area contributed by atoms with Gasteiger partial charge in [-0.25, -0.2) is 14.6 Å². The molecule has 0 aliphatic rings. The zero-order valence-corrected chi connectivity index (χ0v) is 8.50. The maximum Gasteiger partial charge on any atom is 0.307 e. The Morgan fingerprint density at radius 1 is 1.50 bits per heavy atom. The van der Waals surface area contributed by atoms with Crippen molar-refractivity contribution >= 4 is 23.1 Å². The zero-order chi connectivity index (χ0) is 11.7. The van der Waals surface area contributed by atoms with E-state index in [-0.39, 0.29) is 22.3 Å². The van der Waals surface area contributed by atoms with Gasteiger partial charge in [0.1, 0.15) is 29.6 Å². The van der Waals surface area contributed by atoms with Crippen LogP contribution in [0.3, 0.4) is 0 Å². The molecule has 0 aliphatic carbocycles. The summed E-state index contributed by atoms with van der Waals surface area (Å²) in [5, 5.41) is 14.3. The predicted molar refractivity (Wildman–Crippen MR) is 55.2 cm³/mol. The highest BCUT2D eigenvalue weighted by atomic mass is 35.5. The molecule has 0 saturated carbocycles. The molecule has 0 aromatic carbocycles. The molecule has 8 nitrogen and oxygen atoms in total. The summed E-state index contributed by atoms with van der Waals surface area (Å²) in [6.07, 6.45) is 3.48. The lowest BCUT2D eigenvalue weighted by Gasteiger charge is -2.02. The molecule has 0 amide bonds. The van der Waals surface area contributed by atoms with Gasteiger partial charge in [-0.1, -0.05) is 11.6 Å². The van der Waals surface area contributed by atoms with Crippen molar-refractivity contribution in [1.29, 1.82) is 0 Å². The number of nitrogen functional groups attached to an aromatic ring is 1. The minimum absolute atomic E-state index is 0.0878. The van der Waals surface area contributed by atoms with Crippen LogP contribution in [0.5, 0.6) is 0 Å². The molecule has 0 saturated heterocycles. The zero-order valence-electron chi connectivity index (χ0n) is 7.74. The number of nitrogens with zero attached hydrogens (tertiary/aromatic N) is 5. The average molecular weight is 241 g/mol. The van der Waals surface area contributed by atoms with Crippen LogP contribution in [-0.4, -0.2) is 24.7 Å². The van der Waals surface area contributed by atoms with Gasteiger partial charge in [0.15, 0.2) is 5.82 Å². The van der Waals surface area contributed by atoms with Gasteiger partial charge < -0.3 is 5.73 Å². The fourth-order valence-corrected chi connectivity index (χ4v) is 1.24. The summed E-state index contributed by atoms with van der Waals surface area (Å²) in [5.41, 5.74) is 5.31. The van der Waals surface area contributed by atoms with Crippen LogP contribution < -0.4 is 5.73 Å². The van der Waals surface area contributed by atoms with Crippen LogP contribution >= 0.6 is 11.6 Å². The Labute approximate surface area is 93.8 Å². The van der Waals surface area contributed by atoms with Gasteiger partial charge in [-0.15, -0.1) is 0 Å². The van der Waals surface area contributed by atoms with Gasteiger partial charge in [0.2, 0.25) is 0 Å². The predicted octanol–water partition coefficient (Wildman–Crippen LogP) is 0.806. The van der Waals surface area contributed by atoms with Gasteiger partial charge in [0, 0.05) is 0 Å². The van der Waals surface area contributed by atoms with Crippen molar-refractivity contribution in [3.63, 3.8) is 0 Å². The van der Waals surface area contributed by atoms with Crippen molar-refractivity contribution in [3.8, 4) is 5.82 Å². The van der Waals surface area contributed by atoms with Crippen LogP contribution in [-0.2, 0) is 0 Å². The van der Waals surface area contributed by atoms with Crippen molar-refractivity contribution < 1.29 is 4.92 Å². The molecule has 0 bridgehead atoms. The Hall–Kier alpha value is -2.22. The van der Waals surface area contributed by atoms with E-state index in [1.54, 1.807) is 0 Å². The van der Waals surface area contributed by atoms with Crippen LogP contribution in [0.15, 0.2) is 18.7 Å². The maximum absolute atomic E-state index is 10.5. The first-order chi connectivity index (χ1) is 7.59. The number of nitro groups is 1. The highest BCUT2D eigenvalue weighted by molar-refractivity contribution is 6.34. The Balaban J connectivity index is 2.50. The minimum atomic E-state index is -0.568. The Bertz CT molecular complexity index is 554. The smallest absolute Gasteiger partial charge is 0.307 e. The highest BCUT2D eigenvalue weighted by Gasteiger charge is 2.14. The molecular formula is C7H5ClN6O2. The monoisotopic (exact) mass is 240 g/mol. The number of halogens is 1. The topological polar surface area (TPSA) is 113 Å². The third-order valence-corrected chi connectivity index (χ3v) is 2.16. The summed E-state index contributed by atoms with van der Waals surface area (Å²) >= 11 is 5.84. The Morgan fingerprint density at radius 2 is 2.25 bits per heavy atom. The Kier molecular flexibility index (Phi) is 2.41. The van der Waals surface area contributed by atoms with Crippen molar-refractivity contribution in [3.05, 3.63) is 33.9 Å². The summed E-state index contributed by atoms with van der Waals surface area (Å²) < 4.78 is 1.17. The van der Waals surface area contributed by atoms with E-state index in [0.29, 0.717) is 0 Å². The number of nitrogens with two attached hydrogens (primary N) is 1. The van der Waals surface area contributed by atoms with Gasteiger partial charge in [-0.05, 0) is 0 Å². The van der Waals surface area contributed by atoms with Gasteiger partial charge in [0.25, 0.3) is 0 Å². The largest absolute Gasteiger partial charge is 0.382 e. The molecule has 9 heteroatoms. The summed E-state index contributed by atoms with van der Waals surface area (Å²) in [7, 11) is 0. The van der Waals surface area contributed by atoms with E-state index in [4.69, 9.17) is 17.3 Å². The summed E-state index contributed by atoms with van der Waals surface area (Å²) in [6, 6.07) is 0. The normalized spacial score (nSPS) is 10.3. The number of hydrogen-bond acceptors (Lipinski definition) is 6. The molecule has 0 aliphatic heterocycles. The van der Waals surface area contributed by atoms with Crippen molar-refractivity contribution in [2.24, 2.45) is 0 Å². The minimum Gasteiger partial charge on any atom is -0.382 e. The molecule has 2 rings (SSSR count). The van der Waals surface area contributed by atoms with Gasteiger partial charge in [0.05, 0.1) is 4.92 Å². The van der Waals surface area contributed by atoms with E-state index in [2.05, 4.69) is 15.1 Å². The maximum atomic E-state index is 10.5. The van der Waals surface area contributed by atoms with E-state index in [1.807, 2.05) is 0 Å². The number of aromatic nitrogens is 4. The molecule has 2 N–H and O–H groups in total. The fraction of sp³-hybridized carbons (Fsp3) is 0. The van der Waals surface area contributed by atoms with Gasteiger partial charge in [-0.2, -0.15) is 5.10 Å². The molecule has 0 unspecified atom stereocenters. The van der Waals surface area contributed by atoms with Crippen LogP contribution in [0.2, 0.25) is 5.02 Å². The number of rotatable bonds is 2. The average Bonchev–Trinajstić information content (AvgIpc) is 2.71. The number of hydrogen-bond donors (Lipinski definition) is 1. The first-order valence-electron chi connectivity index (χ1n) is 4.05. The van der Waals surface area contributed by atoms with Crippen molar-refractivity contribution in [2.45, 2.75) is 0 Å². The summed E-state index contributed by atoms with van der Waals surface area (Å²) in [6.45, 7) is 0. The third-order valence-electron chi connectivity index (χ3n) is 1.79. The molecule has 2 aromatic heterocycles. The van der Waals surface area contributed by atoms with E-state index in [0.717, 1.165) is 6.20 Å². The molecule has 0 fully saturated rings. The lowest BCUT2D eigenvalue weighted by molar-refractivity contribution is -0.384. The van der Waals surface area contributed by atoms with E-state index in [9.17, 15) is 10.1 Å². The first kappa shape index (κ1) is 10.3. The van der Waals surface area contributed by atoms with Crippen LogP contribution in [0.1, 0.15) is 0 Å². The first-order valence-corrected chi connectivity index (χ1v) is 4.43. The molecular weight excluding hydrogens is 236 g/mol. The molecule has 82 valence electrons. The quantitative estimate of drug-likeness (QED) is 0.614. The molecule has 0 spiro atoms. The third kappa shape index (κ3) is 1.65. The standard InChI is InChI=1S/C7H5ClN6O2/c8-5-6(9)10-3-11-7(5)13-2-4(1-12-13)14(15)16/h1-3H,(H2,9,10,11). The molecule has 0 atom stereocenters. The van der Waals surface area contributed by atoms with E-state index in [1.165, 1.54) is 17.2 Å². The van der Waals surface area contributed by atoms with Crippen LogP contribution in [0, 0.1) is 10.1 Å². The molecule has 2 heterocycles. The SMILES string of the molecule is Nc1ncnc(-n2cc([N+](=O)[O-])cn2)c1Cl. The summed E-state index contributed by atoms with van der Waals surface area (Å²) in [5.74, 6) is 0.284. The van der Waals surface area contributed by atoms with Gasteiger partial charge >= 0.3 is 5.69 Å². The second-order valence-corrected chi connectivity index (χ2v) is 3.17. The van der Waals surface area contributed by atoms with E-state index >= 15 is 0 Å². The lowest BCUT2D eigenvalue weighted by atomic mass is 10.5. The second kappa shape index (κ2) is 3.74. The van der Waals surface area contributed by atoms with Crippen LogP contribution in [0.4, 0.5) is 11.5 Å². The van der Waals surface area contributed by atoms with Crippen molar-refractivity contribution in [1.82, 2.24) is 19.7 Å². The Morgan fingerprint density at radius 3 is 2.88 bits per heavy atom. The highest BCUT2D eigenvalue weighted by Crippen LogP contribution is 2.22. The van der Waals surface area contributed by atoms with Gasteiger partial charge in [-0.3, -0.25) is 10.1 Å². The molecule has 2 aromatic rings. The second-order valence-electron chi connectivity index (χ2n) is 2.80. The summed E-state index contributed by atoms with van der Waals surface area (Å²) in [4.78, 5) is 17.4. The van der Waals surface area contributed by atoms with E-state index < -0.39 is 4.92 Å². The lowest BCUT2D eigenvalue weighted by Crippen LogP contribution is -2.02. The molecule has 16 heavy (non-hydrogen) atoms. The molecule has 0 radical (unpaired) electrons. The van der Waals surface area contributed by atoms with Crippen molar-refractivity contribution in [2.75, 3.05) is 5.73 Å². The number of anilines is 1.